The lowest BCUT2D eigenvalue weighted by Crippen LogP contribution is -2.66. The maximum Gasteiger partial charge on any atom is 0.407 e. The zero-order valence-electron chi connectivity index (χ0n) is 22.3. The van der Waals surface area contributed by atoms with Gasteiger partial charge in [-0.05, 0) is 16.7 Å². The molecule has 41 heavy (non-hydrogen) atoms. The van der Waals surface area contributed by atoms with Crippen LogP contribution in [0.25, 0.3) is 0 Å². The van der Waals surface area contributed by atoms with E-state index in [4.69, 9.17) is 18.9 Å². The fourth-order valence-corrected chi connectivity index (χ4v) is 4.29. The van der Waals surface area contributed by atoms with Crippen LogP contribution in [0.15, 0.2) is 91.0 Å². The van der Waals surface area contributed by atoms with Crippen molar-refractivity contribution in [1.29, 1.82) is 0 Å². The van der Waals surface area contributed by atoms with Crippen molar-refractivity contribution >= 4 is 18.0 Å². The maximum atomic E-state index is 13.3. The molecule has 0 saturated carbocycles. The van der Waals surface area contributed by atoms with Gasteiger partial charge in [-0.3, -0.25) is 4.79 Å². The van der Waals surface area contributed by atoms with E-state index in [1.54, 1.807) is 66.7 Å². The summed E-state index contributed by atoms with van der Waals surface area (Å²) in [6.45, 7) is -0.0252. The standard InChI is InChI=1S/C30H32N2O9/c1-38-28(36)22(21-15-9-4-10-16-21)31-27(35)26-25(34)24(33)23(29(41-26)39-17-19-11-5-2-6-12-19)32-30(37)40-18-20-13-7-3-8-14-20/h2-16,22-26,29,33-34H,17-18H2,1H3,(H,31,35)(H,32,37)/t22-,23-,24-,25-,26+,29+/m1/s1. The summed E-state index contributed by atoms with van der Waals surface area (Å²) in [6.07, 6.45) is -7.40. The Morgan fingerprint density at radius 3 is 1.98 bits per heavy atom. The van der Waals surface area contributed by atoms with E-state index in [0.29, 0.717) is 5.56 Å². The van der Waals surface area contributed by atoms with Gasteiger partial charge in [0.15, 0.2) is 18.4 Å². The Kier molecular flexibility index (Phi) is 10.4. The lowest BCUT2D eigenvalue weighted by molar-refractivity contribution is -0.262. The Balaban J connectivity index is 1.49. The Morgan fingerprint density at radius 1 is 0.829 bits per heavy atom. The number of esters is 1. The molecule has 4 rings (SSSR count). The van der Waals surface area contributed by atoms with Crippen LogP contribution in [-0.4, -0.2) is 65.9 Å². The van der Waals surface area contributed by atoms with Crippen LogP contribution >= 0.6 is 0 Å². The molecule has 3 aromatic carbocycles. The molecule has 1 fully saturated rings. The third-order valence-electron chi connectivity index (χ3n) is 6.47. The van der Waals surface area contributed by atoms with E-state index in [-0.39, 0.29) is 13.2 Å². The number of nitrogens with one attached hydrogen (secondary N) is 2. The predicted octanol–water partition coefficient (Wildman–Crippen LogP) is 1.98. The fourth-order valence-electron chi connectivity index (χ4n) is 4.29. The second-order valence-corrected chi connectivity index (χ2v) is 9.31. The number of methoxy groups -OCH3 is 1. The largest absolute Gasteiger partial charge is 0.467 e. The number of carbonyl (C=O) groups is 3. The van der Waals surface area contributed by atoms with Gasteiger partial charge in [0.1, 0.15) is 24.9 Å². The number of ether oxygens (including phenoxy) is 4. The molecule has 6 atom stereocenters. The summed E-state index contributed by atoms with van der Waals surface area (Å²) >= 11 is 0. The van der Waals surface area contributed by atoms with Crippen LogP contribution in [0.4, 0.5) is 4.79 Å². The lowest BCUT2D eigenvalue weighted by atomic mass is 9.95. The molecule has 11 nitrogen and oxygen atoms in total. The van der Waals surface area contributed by atoms with Crippen molar-refractivity contribution < 1.29 is 43.5 Å². The quantitative estimate of drug-likeness (QED) is 0.271. The third kappa shape index (κ3) is 7.89. The molecule has 3 aromatic rings. The predicted molar refractivity (Wildman–Crippen MR) is 145 cm³/mol. The normalized spacial score (nSPS) is 22.7. The third-order valence-corrected chi connectivity index (χ3v) is 6.47. The number of hydrogen-bond donors (Lipinski definition) is 4. The average molecular weight is 565 g/mol. The summed E-state index contributed by atoms with van der Waals surface area (Å²) < 4.78 is 21.8. The van der Waals surface area contributed by atoms with Gasteiger partial charge in [0.05, 0.1) is 13.7 Å². The molecule has 0 radical (unpaired) electrons. The molecular weight excluding hydrogens is 532 g/mol. The van der Waals surface area contributed by atoms with Crippen molar-refractivity contribution in [3.05, 3.63) is 108 Å². The Hall–Kier alpha value is -4.29. The molecule has 2 amide bonds. The van der Waals surface area contributed by atoms with Gasteiger partial charge in [0.2, 0.25) is 0 Å². The van der Waals surface area contributed by atoms with Crippen molar-refractivity contribution in [1.82, 2.24) is 10.6 Å². The van der Waals surface area contributed by atoms with Gasteiger partial charge in [0.25, 0.3) is 5.91 Å². The first-order valence-corrected chi connectivity index (χ1v) is 12.9. The second-order valence-electron chi connectivity index (χ2n) is 9.31. The molecule has 11 heteroatoms. The van der Waals surface area contributed by atoms with Gasteiger partial charge in [0, 0.05) is 0 Å². The number of benzene rings is 3. The highest BCUT2D eigenvalue weighted by Gasteiger charge is 2.49. The zero-order valence-corrected chi connectivity index (χ0v) is 22.3. The number of carbonyl (C=O) groups excluding carboxylic acids is 3. The first-order valence-electron chi connectivity index (χ1n) is 12.9. The molecule has 0 unspecified atom stereocenters. The van der Waals surface area contributed by atoms with E-state index in [9.17, 15) is 24.6 Å². The minimum atomic E-state index is -1.79. The molecular formula is C30H32N2O9. The number of amides is 2. The molecule has 0 spiro atoms. The first kappa shape index (κ1) is 29.7. The molecule has 4 N–H and O–H groups in total. The molecule has 1 saturated heterocycles. The Morgan fingerprint density at radius 2 is 1.39 bits per heavy atom. The summed E-state index contributed by atoms with van der Waals surface area (Å²) in [7, 11) is 1.18. The van der Waals surface area contributed by atoms with E-state index in [0.717, 1.165) is 11.1 Å². The zero-order chi connectivity index (χ0) is 29.2. The van der Waals surface area contributed by atoms with E-state index < -0.39 is 54.7 Å². The van der Waals surface area contributed by atoms with Crippen LogP contribution in [0.1, 0.15) is 22.7 Å². The number of aliphatic hydroxyl groups is 2. The minimum absolute atomic E-state index is 0.00864. The van der Waals surface area contributed by atoms with E-state index in [2.05, 4.69) is 10.6 Å². The molecule has 0 aliphatic carbocycles. The van der Waals surface area contributed by atoms with E-state index >= 15 is 0 Å². The summed E-state index contributed by atoms with van der Waals surface area (Å²) in [6, 6.07) is 23.9. The maximum absolute atomic E-state index is 13.3. The van der Waals surface area contributed by atoms with Gasteiger partial charge in [-0.15, -0.1) is 0 Å². The number of alkyl carbamates (subject to hydrolysis) is 1. The van der Waals surface area contributed by atoms with Gasteiger partial charge in [-0.2, -0.15) is 0 Å². The van der Waals surface area contributed by atoms with Crippen molar-refractivity contribution in [2.75, 3.05) is 7.11 Å². The number of hydrogen-bond acceptors (Lipinski definition) is 9. The van der Waals surface area contributed by atoms with Gasteiger partial charge in [-0.1, -0.05) is 91.0 Å². The SMILES string of the molecule is COC(=O)[C@H](NC(=O)[C@H]1O[C@H](OCc2ccccc2)[C@H](NC(=O)OCc2ccccc2)[C@@H](O)[C@H]1O)c1ccccc1. The molecule has 1 heterocycles. The van der Waals surface area contributed by atoms with Gasteiger partial charge < -0.3 is 39.8 Å². The van der Waals surface area contributed by atoms with E-state index in [1.807, 2.05) is 24.3 Å². The van der Waals surface area contributed by atoms with Crippen molar-refractivity contribution in [3.63, 3.8) is 0 Å². The van der Waals surface area contributed by atoms with Gasteiger partial charge >= 0.3 is 12.1 Å². The van der Waals surface area contributed by atoms with Crippen molar-refractivity contribution in [2.24, 2.45) is 0 Å². The smallest absolute Gasteiger partial charge is 0.407 e. The molecule has 1 aliphatic heterocycles. The van der Waals surface area contributed by atoms with Crippen LogP contribution in [0.5, 0.6) is 0 Å². The Labute approximate surface area is 237 Å². The van der Waals surface area contributed by atoms with Crippen LogP contribution in [0.3, 0.4) is 0 Å². The highest BCUT2D eigenvalue weighted by atomic mass is 16.7. The van der Waals surface area contributed by atoms with Crippen LogP contribution in [0, 0.1) is 0 Å². The van der Waals surface area contributed by atoms with Gasteiger partial charge in [-0.25, -0.2) is 9.59 Å². The second kappa shape index (κ2) is 14.4. The fraction of sp³-hybridized carbons (Fsp3) is 0.300. The molecule has 0 bridgehead atoms. The first-order chi connectivity index (χ1) is 19.9. The topological polar surface area (TPSA) is 153 Å². The molecule has 216 valence electrons. The highest BCUT2D eigenvalue weighted by molar-refractivity contribution is 5.88. The van der Waals surface area contributed by atoms with E-state index in [1.165, 1.54) is 7.11 Å². The Bertz CT molecular complexity index is 1280. The summed E-state index contributed by atoms with van der Waals surface area (Å²) in [5.74, 6) is -1.64. The van der Waals surface area contributed by atoms with Crippen LogP contribution in [-0.2, 0) is 41.8 Å². The number of aliphatic hydroxyl groups excluding tert-OH is 2. The highest BCUT2D eigenvalue weighted by Crippen LogP contribution is 2.25. The summed E-state index contributed by atoms with van der Waals surface area (Å²) in [4.78, 5) is 38.4. The monoisotopic (exact) mass is 564 g/mol. The van der Waals surface area contributed by atoms with Crippen LogP contribution in [0.2, 0.25) is 0 Å². The summed E-state index contributed by atoms with van der Waals surface area (Å²) in [5, 5.41) is 26.9. The molecule has 0 aromatic heterocycles. The van der Waals surface area contributed by atoms with Crippen LogP contribution < -0.4 is 10.6 Å². The summed E-state index contributed by atoms with van der Waals surface area (Å²) in [5.41, 5.74) is 1.95. The molecule has 1 aliphatic rings. The van der Waals surface area contributed by atoms with Crippen molar-refractivity contribution in [3.8, 4) is 0 Å². The lowest BCUT2D eigenvalue weighted by Gasteiger charge is -2.42. The number of rotatable bonds is 10. The minimum Gasteiger partial charge on any atom is -0.467 e. The average Bonchev–Trinajstić information content (AvgIpc) is 3.01. The van der Waals surface area contributed by atoms with Crippen molar-refractivity contribution in [2.45, 2.75) is 49.9 Å².